The largest absolute Gasteiger partial charge is 0.479 e. The van der Waals surface area contributed by atoms with Gasteiger partial charge in [-0.05, 0) is 24.1 Å². The summed E-state index contributed by atoms with van der Waals surface area (Å²) in [7, 11) is -2.57. The highest BCUT2D eigenvalue weighted by molar-refractivity contribution is 7.88. The number of piperidine rings is 1. The third kappa shape index (κ3) is 4.51. The van der Waals surface area contributed by atoms with E-state index in [9.17, 15) is 26.0 Å². The highest BCUT2D eigenvalue weighted by atomic mass is 32.2. The molecule has 1 N–H and O–H groups in total. The third-order valence-electron chi connectivity index (χ3n) is 6.38. The number of alkyl halides is 3. The number of fused-ring (bicyclic) bond motifs is 2. The van der Waals surface area contributed by atoms with Gasteiger partial charge in [-0.2, -0.15) is 9.29 Å². The Morgan fingerprint density at radius 3 is 2.66 bits per heavy atom. The van der Waals surface area contributed by atoms with Gasteiger partial charge in [0.05, 0.1) is 56.1 Å². The third-order valence-corrected chi connectivity index (χ3v) is 7.63. The summed E-state index contributed by atoms with van der Waals surface area (Å²) in [6.07, 6.45) is 2.87. The fourth-order valence-electron chi connectivity index (χ4n) is 4.56. The molecule has 0 radical (unpaired) electrons. The Kier molecular flexibility index (Phi) is 6.41. The fourth-order valence-corrected chi connectivity index (χ4v) is 5.40. The zero-order chi connectivity index (χ0) is 27.4. The average molecular weight is 560 g/mol. The lowest BCUT2D eigenvalue weighted by Gasteiger charge is -2.37. The van der Waals surface area contributed by atoms with E-state index in [1.807, 2.05) is 0 Å². The molecule has 0 spiro atoms. The molecule has 1 atom stereocenters. The van der Waals surface area contributed by atoms with Crippen LogP contribution < -0.4 is 10.1 Å². The molecular formula is C22H22F5N7O3S. The maximum atomic E-state index is 15.2. The first-order valence-corrected chi connectivity index (χ1v) is 13.2. The number of benzene rings is 1. The Hall–Kier alpha value is -3.53. The van der Waals surface area contributed by atoms with Crippen LogP contribution in [0.1, 0.15) is 6.42 Å². The normalized spacial score (nSPS) is 18.3. The standard InChI is InChI=1S/C22H22F5N7O3S/c1-37-20-19-17(12-7-13(24)18-15(8-12)32(6-4-23)11-28-18)14(25)9-34(19)31-21(30-20)29-16-3-5-33(38(2,35)36)10-22(16,26)27/h7-9,11,16H,3-6,10H2,1-2H3,(H,29,31)/t16-/m1/s1. The minimum atomic E-state index is -3.80. The number of hydrogen-bond acceptors (Lipinski definition) is 7. The molecule has 0 saturated carbocycles. The van der Waals surface area contributed by atoms with E-state index in [4.69, 9.17) is 4.74 Å². The summed E-state index contributed by atoms with van der Waals surface area (Å²) in [5.74, 6) is -5.52. The van der Waals surface area contributed by atoms with Crippen molar-refractivity contribution in [2.75, 3.05) is 38.4 Å². The zero-order valence-electron chi connectivity index (χ0n) is 20.1. The number of anilines is 1. The number of imidazole rings is 1. The number of nitrogens with zero attached hydrogens (tertiary/aromatic N) is 6. The van der Waals surface area contributed by atoms with Crippen LogP contribution in [0.3, 0.4) is 0 Å². The Labute approximate surface area is 213 Å². The highest BCUT2D eigenvalue weighted by Crippen LogP contribution is 2.37. The molecule has 1 saturated heterocycles. The number of aromatic nitrogens is 5. The van der Waals surface area contributed by atoms with Crippen molar-refractivity contribution in [2.45, 2.75) is 24.9 Å². The van der Waals surface area contributed by atoms with Crippen molar-refractivity contribution in [3.05, 3.63) is 36.3 Å². The van der Waals surface area contributed by atoms with Crippen molar-refractivity contribution >= 4 is 32.5 Å². The number of methoxy groups -OCH3 is 1. The van der Waals surface area contributed by atoms with Crippen molar-refractivity contribution in [1.29, 1.82) is 0 Å². The van der Waals surface area contributed by atoms with Crippen LogP contribution in [0.2, 0.25) is 0 Å². The number of nitrogens with one attached hydrogen (secondary N) is 1. The van der Waals surface area contributed by atoms with Crippen molar-refractivity contribution in [3.8, 4) is 17.0 Å². The van der Waals surface area contributed by atoms with Crippen LogP contribution in [0.15, 0.2) is 24.7 Å². The number of aryl methyl sites for hydroxylation is 1. The Balaban J connectivity index is 1.54. The minimum absolute atomic E-state index is 0.00418. The van der Waals surface area contributed by atoms with Gasteiger partial charge in [-0.3, -0.25) is 0 Å². The summed E-state index contributed by atoms with van der Waals surface area (Å²) in [6, 6.07) is 1.01. The van der Waals surface area contributed by atoms with E-state index in [1.165, 1.54) is 24.1 Å². The van der Waals surface area contributed by atoms with Crippen LogP contribution >= 0.6 is 0 Å². The van der Waals surface area contributed by atoms with Crippen molar-refractivity contribution in [2.24, 2.45) is 0 Å². The van der Waals surface area contributed by atoms with Gasteiger partial charge >= 0.3 is 0 Å². The maximum absolute atomic E-state index is 15.2. The van der Waals surface area contributed by atoms with Gasteiger partial charge in [0.1, 0.15) is 17.7 Å². The molecular weight excluding hydrogens is 537 g/mol. The summed E-state index contributed by atoms with van der Waals surface area (Å²) in [5.41, 5.74) is 0.206. The Morgan fingerprint density at radius 2 is 2.00 bits per heavy atom. The second-order valence-corrected chi connectivity index (χ2v) is 10.9. The van der Waals surface area contributed by atoms with E-state index in [-0.39, 0.29) is 59.0 Å². The SMILES string of the molecule is COc1nc(N[C@@H]2CCN(S(C)(=O)=O)CC2(F)F)nn2cc(F)c(-c3cc(F)c4ncn(CCF)c4c3)c12. The van der Waals surface area contributed by atoms with Gasteiger partial charge in [0, 0.05) is 6.54 Å². The molecule has 0 amide bonds. The lowest BCUT2D eigenvalue weighted by molar-refractivity contribution is -0.0541. The van der Waals surface area contributed by atoms with E-state index < -0.39 is 46.8 Å². The molecule has 10 nitrogen and oxygen atoms in total. The first-order chi connectivity index (χ1) is 17.9. The van der Waals surface area contributed by atoms with Crippen molar-refractivity contribution < 1.29 is 35.1 Å². The van der Waals surface area contributed by atoms with Crippen LogP contribution in [0.25, 0.3) is 27.7 Å². The lowest BCUT2D eigenvalue weighted by Crippen LogP contribution is -2.55. The van der Waals surface area contributed by atoms with E-state index in [0.29, 0.717) is 4.31 Å². The highest BCUT2D eigenvalue weighted by Gasteiger charge is 2.47. The molecule has 1 aromatic carbocycles. The van der Waals surface area contributed by atoms with E-state index in [2.05, 4.69) is 20.4 Å². The molecule has 3 aromatic heterocycles. The van der Waals surface area contributed by atoms with Crippen molar-refractivity contribution in [3.63, 3.8) is 0 Å². The Bertz CT molecular complexity index is 1640. The van der Waals surface area contributed by atoms with Crippen LogP contribution in [0, 0.1) is 11.6 Å². The van der Waals surface area contributed by atoms with E-state index >= 15 is 4.39 Å². The first-order valence-electron chi connectivity index (χ1n) is 11.4. The predicted molar refractivity (Wildman–Crippen MR) is 128 cm³/mol. The summed E-state index contributed by atoms with van der Waals surface area (Å²) >= 11 is 0. The van der Waals surface area contributed by atoms with Gasteiger partial charge in [-0.15, -0.1) is 5.10 Å². The molecule has 16 heteroatoms. The first kappa shape index (κ1) is 26.1. The number of ether oxygens (including phenoxy) is 1. The molecule has 204 valence electrons. The predicted octanol–water partition coefficient (Wildman–Crippen LogP) is 3.08. The number of halogens is 5. The molecule has 0 unspecified atom stereocenters. The maximum Gasteiger partial charge on any atom is 0.281 e. The summed E-state index contributed by atoms with van der Waals surface area (Å²) in [6.45, 7) is -1.95. The quantitative estimate of drug-likeness (QED) is 0.347. The molecule has 38 heavy (non-hydrogen) atoms. The summed E-state index contributed by atoms with van der Waals surface area (Å²) < 4.78 is 104. The summed E-state index contributed by atoms with van der Waals surface area (Å²) in [5, 5.41) is 6.59. The molecule has 1 aliphatic rings. The zero-order valence-corrected chi connectivity index (χ0v) is 20.9. The van der Waals surface area contributed by atoms with Gasteiger partial charge in [0.25, 0.3) is 5.92 Å². The topological polar surface area (TPSA) is 107 Å². The number of hydrogen-bond donors (Lipinski definition) is 1. The number of rotatable bonds is 7. The van der Waals surface area contributed by atoms with Gasteiger partial charge in [-0.25, -0.2) is 39.9 Å². The smallest absolute Gasteiger partial charge is 0.281 e. The second kappa shape index (κ2) is 9.34. The molecule has 1 fully saturated rings. The van der Waals surface area contributed by atoms with Crippen LogP contribution in [-0.4, -0.2) is 82.0 Å². The van der Waals surface area contributed by atoms with Crippen molar-refractivity contribution in [1.82, 2.24) is 28.5 Å². The number of sulfonamides is 1. The lowest BCUT2D eigenvalue weighted by atomic mass is 10.0. The molecule has 4 aromatic rings. The second-order valence-electron chi connectivity index (χ2n) is 8.89. The van der Waals surface area contributed by atoms with Gasteiger partial charge < -0.3 is 14.6 Å². The molecule has 0 bridgehead atoms. The van der Waals surface area contributed by atoms with E-state index in [0.717, 1.165) is 23.0 Å². The minimum Gasteiger partial charge on any atom is -0.479 e. The molecule has 4 heterocycles. The fraction of sp³-hybridized carbons (Fsp3) is 0.409. The molecule has 5 rings (SSSR count). The van der Waals surface area contributed by atoms with E-state index in [1.54, 1.807) is 0 Å². The van der Waals surface area contributed by atoms with Crippen LogP contribution in [0.5, 0.6) is 5.88 Å². The van der Waals surface area contributed by atoms with Gasteiger partial charge in [-0.1, -0.05) is 0 Å². The monoisotopic (exact) mass is 559 g/mol. The van der Waals surface area contributed by atoms with Gasteiger partial charge in [0.2, 0.25) is 21.9 Å². The molecule has 1 aliphatic heterocycles. The summed E-state index contributed by atoms with van der Waals surface area (Å²) in [4.78, 5) is 8.05. The Morgan fingerprint density at radius 1 is 1.24 bits per heavy atom. The average Bonchev–Trinajstić information content (AvgIpc) is 3.39. The van der Waals surface area contributed by atoms with Crippen LogP contribution in [0.4, 0.5) is 27.9 Å². The molecule has 0 aliphatic carbocycles. The van der Waals surface area contributed by atoms with Crippen LogP contribution in [-0.2, 0) is 16.6 Å². The van der Waals surface area contributed by atoms with Gasteiger partial charge in [0.15, 0.2) is 11.6 Å².